The molecule has 0 bridgehead atoms. The first-order chi connectivity index (χ1) is 11.6. The summed E-state index contributed by atoms with van der Waals surface area (Å²) in [6.07, 6.45) is 2.26. The molecule has 0 aromatic carbocycles. The number of methoxy groups -OCH3 is 1. The summed E-state index contributed by atoms with van der Waals surface area (Å²) in [7, 11) is 1.57. The Kier molecular flexibility index (Phi) is 4.73. The minimum Gasteiger partial charge on any atom is -0.457 e. The van der Waals surface area contributed by atoms with Crippen molar-refractivity contribution in [2.45, 2.75) is 37.5 Å². The number of aliphatic hydroxyl groups is 1. The second kappa shape index (κ2) is 6.64. The summed E-state index contributed by atoms with van der Waals surface area (Å²) in [5, 5.41) is 9.87. The molecule has 2 heterocycles. The predicted molar refractivity (Wildman–Crippen MR) is 82.4 cm³/mol. The molecule has 3 aliphatic rings. The van der Waals surface area contributed by atoms with E-state index in [2.05, 4.69) is 6.58 Å². The van der Waals surface area contributed by atoms with E-state index in [0.717, 1.165) is 24.8 Å². The maximum absolute atomic E-state index is 12.9. The molecule has 1 saturated carbocycles. The molecule has 132 valence electrons. The highest BCUT2D eigenvalue weighted by atomic mass is 19.1. The number of aliphatic hydroxyl groups excluding tert-OH is 1. The van der Waals surface area contributed by atoms with Crippen LogP contribution in [0.5, 0.6) is 0 Å². The van der Waals surface area contributed by atoms with Crippen LogP contribution >= 0.6 is 0 Å². The number of fused-ring (bicyclic) bond motifs is 3. The van der Waals surface area contributed by atoms with Crippen molar-refractivity contribution in [3.63, 3.8) is 0 Å². The number of halogens is 1. The smallest absolute Gasteiger partial charge is 0.355 e. The molecule has 24 heavy (non-hydrogen) atoms. The van der Waals surface area contributed by atoms with Crippen LogP contribution < -0.4 is 0 Å². The Morgan fingerprint density at radius 1 is 1.54 bits per heavy atom. The summed E-state index contributed by atoms with van der Waals surface area (Å²) in [6, 6.07) is -0.387. The van der Waals surface area contributed by atoms with Gasteiger partial charge in [0.2, 0.25) is 5.91 Å². The summed E-state index contributed by atoms with van der Waals surface area (Å²) in [6.45, 7) is 2.57. The van der Waals surface area contributed by atoms with E-state index in [0.29, 0.717) is 0 Å². The van der Waals surface area contributed by atoms with Crippen molar-refractivity contribution in [2.75, 3.05) is 20.4 Å². The van der Waals surface area contributed by atoms with E-state index in [-0.39, 0.29) is 30.4 Å². The van der Waals surface area contributed by atoms with Gasteiger partial charge in [-0.3, -0.25) is 4.79 Å². The minimum atomic E-state index is -1.34. The highest BCUT2D eigenvalue weighted by molar-refractivity contribution is 6.01. The van der Waals surface area contributed by atoms with Crippen molar-refractivity contribution in [1.29, 1.82) is 0 Å². The summed E-state index contributed by atoms with van der Waals surface area (Å²) < 4.78 is 23.6. The van der Waals surface area contributed by atoms with Crippen LogP contribution in [0.1, 0.15) is 19.3 Å². The first-order valence-corrected chi connectivity index (χ1v) is 8.18. The van der Waals surface area contributed by atoms with Crippen molar-refractivity contribution in [1.82, 2.24) is 4.90 Å². The van der Waals surface area contributed by atoms with Crippen molar-refractivity contribution in [2.24, 2.45) is 11.8 Å². The van der Waals surface area contributed by atoms with E-state index in [9.17, 15) is 19.1 Å². The third-order valence-corrected chi connectivity index (χ3v) is 5.23. The molecule has 6 nitrogen and oxygen atoms in total. The number of hydrogen-bond acceptors (Lipinski definition) is 5. The molecule has 0 aromatic heterocycles. The second-order valence-electron chi connectivity index (χ2n) is 6.40. The number of ether oxygens (including phenoxy) is 2. The molecule has 0 radical (unpaired) electrons. The highest BCUT2D eigenvalue weighted by Crippen LogP contribution is 2.52. The van der Waals surface area contributed by atoms with Gasteiger partial charge in [-0.15, -0.1) is 0 Å². The fraction of sp³-hybridized carbons (Fsp3) is 0.647. The van der Waals surface area contributed by atoms with Crippen LogP contribution in [0.25, 0.3) is 0 Å². The van der Waals surface area contributed by atoms with E-state index in [1.807, 2.05) is 0 Å². The Labute approximate surface area is 139 Å². The first-order valence-electron chi connectivity index (χ1n) is 8.18. The van der Waals surface area contributed by atoms with Gasteiger partial charge in [0.25, 0.3) is 0 Å². The van der Waals surface area contributed by atoms with Gasteiger partial charge in [-0.05, 0) is 24.8 Å². The van der Waals surface area contributed by atoms with Crippen LogP contribution in [0, 0.1) is 11.8 Å². The van der Waals surface area contributed by atoms with E-state index in [1.165, 1.54) is 11.0 Å². The molecular weight excluding hydrogens is 317 g/mol. The molecular formula is C17H22FNO5. The number of nitrogens with zero attached hydrogens (tertiary/aromatic N) is 1. The second-order valence-corrected chi connectivity index (χ2v) is 6.40. The first kappa shape index (κ1) is 17.1. The summed E-state index contributed by atoms with van der Waals surface area (Å²) in [5.41, 5.74) is 0.968. The van der Waals surface area contributed by atoms with Crippen molar-refractivity contribution in [3.8, 4) is 0 Å². The average Bonchev–Trinajstić information content (AvgIpc) is 2.90. The van der Waals surface area contributed by atoms with Gasteiger partial charge in [0, 0.05) is 13.0 Å². The molecule has 0 aromatic rings. The van der Waals surface area contributed by atoms with E-state index < -0.39 is 30.6 Å². The van der Waals surface area contributed by atoms with Gasteiger partial charge in [0.1, 0.15) is 19.0 Å². The Morgan fingerprint density at radius 3 is 2.92 bits per heavy atom. The lowest BCUT2D eigenvalue weighted by Crippen LogP contribution is -2.64. The van der Waals surface area contributed by atoms with Crippen molar-refractivity contribution in [3.05, 3.63) is 23.9 Å². The zero-order chi connectivity index (χ0) is 17.4. The molecule has 1 aliphatic carbocycles. The number of β-lactam (4-membered cyclic amide) rings is 1. The molecule has 7 heteroatoms. The lowest BCUT2D eigenvalue weighted by Gasteiger charge is -2.47. The van der Waals surface area contributed by atoms with Gasteiger partial charge in [-0.25, -0.2) is 9.18 Å². The minimum absolute atomic E-state index is 0.0428. The van der Waals surface area contributed by atoms with Crippen LogP contribution in [-0.4, -0.2) is 60.5 Å². The molecule has 3 rings (SSSR count). The standard InChI is InChI=1S/C17H22FNO5/c1-3-7-24-17(22)15-12-9(5-4-6-11(12)23-2)14-13(10(20)8-18)16(21)19(14)15/h3,9-11,13-14,20H,1,4-8H2,2H3/t9-,10+,11-,13+,14+/m0/s1. The van der Waals surface area contributed by atoms with Crippen LogP contribution in [0.15, 0.2) is 23.9 Å². The van der Waals surface area contributed by atoms with Crippen LogP contribution in [-0.2, 0) is 19.1 Å². The fourth-order valence-electron chi connectivity index (χ4n) is 4.27. The molecule has 0 spiro atoms. The summed E-state index contributed by atoms with van der Waals surface area (Å²) in [5.74, 6) is -1.93. The van der Waals surface area contributed by atoms with E-state index in [4.69, 9.17) is 9.47 Å². The SMILES string of the molecule is C=CCOC(=O)C1=C2[C@@H](OC)CCC[C@@H]2[C@@H]2[C@@H]([C@H](O)CF)C(=O)N12. The van der Waals surface area contributed by atoms with Gasteiger partial charge in [0.15, 0.2) is 0 Å². The van der Waals surface area contributed by atoms with Gasteiger partial charge < -0.3 is 19.5 Å². The quantitative estimate of drug-likeness (QED) is 0.443. The average molecular weight is 339 g/mol. The predicted octanol–water partition coefficient (Wildman–Crippen LogP) is 0.956. The number of carbonyl (C=O) groups excluding carboxylic acids is 2. The number of carbonyl (C=O) groups is 2. The van der Waals surface area contributed by atoms with E-state index >= 15 is 0 Å². The lowest BCUT2D eigenvalue weighted by atomic mass is 9.71. The summed E-state index contributed by atoms with van der Waals surface area (Å²) in [4.78, 5) is 26.3. The number of alkyl halides is 1. The van der Waals surface area contributed by atoms with Gasteiger partial charge in [-0.1, -0.05) is 12.7 Å². The molecule has 5 atom stereocenters. The molecule has 2 aliphatic heterocycles. The third kappa shape index (κ3) is 2.38. The van der Waals surface area contributed by atoms with Crippen LogP contribution in [0.3, 0.4) is 0 Å². The zero-order valence-electron chi connectivity index (χ0n) is 13.6. The number of amides is 1. The van der Waals surface area contributed by atoms with Gasteiger partial charge in [0.05, 0.1) is 24.2 Å². The number of hydrogen-bond donors (Lipinski definition) is 1. The maximum Gasteiger partial charge on any atom is 0.355 e. The molecule has 1 saturated heterocycles. The fourth-order valence-corrected chi connectivity index (χ4v) is 4.27. The van der Waals surface area contributed by atoms with E-state index in [1.54, 1.807) is 7.11 Å². The zero-order valence-corrected chi connectivity index (χ0v) is 13.6. The van der Waals surface area contributed by atoms with Crippen LogP contribution in [0.4, 0.5) is 4.39 Å². The Hall–Kier alpha value is -1.73. The van der Waals surface area contributed by atoms with Gasteiger partial charge >= 0.3 is 5.97 Å². The highest BCUT2D eigenvalue weighted by Gasteiger charge is 2.63. The Balaban J connectivity index is 1.98. The topological polar surface area (TPSA) is 76.1 Å². The monoisotopic (exact) mass is 339 g/mol. The van der Waals surface area contributed by atoms with Crippen molar-refractivity contribution >= 4 is 11.9 Å². The normalized spacial score (nSPS) is 32.8. The maximum atomic E-state index is 12.9. The van der Waals surface area contributed by atoms with Crippen LogP contribution in [0.2, 0.25) is 0 Å². The summed E-state index contributed by atoms with van der Waals surface area (Å²) >= 11 is 0. The lowest BCUT2D eigenvalue weighted by molar-refractivity contribution is -0.166. The third-order valence-electron chi connectivity index (χ3n) is 5.23. The molecule has 0 unspecified atom stereocenters. The number of esters is 1. The molecule has 1 N–H and O–H groups in total. The Bertz CT molecular complexity index is 590. The van der Waals surface area contributed by atoms with Gasteiger partial charge in [-0.2, -0.15) is 0 Å². The largest absolute Gasteiger partial charge is 0.457 e. The Morgan fingerprint density at radius 2 is 2.29 bits per heavy atom. The van der Waals surface area contributed by atoms with Crippen molar-refractivity contribution < 1.29 is 28.6 Å². The molecule has 2 fully saturated rings. The molecule has 1 amide bonds. The number of rotatable bonds is 6.